The highest BCUT2D eigenvalue weighted by Gasteiger charge is 2.46. The van der Waals surface area contributed by atoms with Gasteiger partial charge in [0.15, 0.2) is 0 Å². The Kier molecular flexibility index (Phi) is 9.06. The van der Waals surface area contributed by atoms with Crippen molar-refractivity contribution in [1.82, 2.24) is 4.57 Å². The average molecular weight is 840 g/mol. The topological polar surface area (TPSA) is 4.93 Å². The molecule has 64 heavy (non-hydrogen) atoms. The number of para-hydroxylation sites is 1. The Balaban J connectivity index is 1.07. The van der Waals surface area contributed by atoms with E-state index in [2.05, 4.69) is 229 Å². The van der Waals surface area contributed by atoms with Crippen LogP contribution in [-0.4, -0.2) is 4.57 Å². The van der Waals surface area contributed by atoms with Gasteiger partial charge in [0.25, 0.3) is 0 Å². The molecule has 0 amide bonds. The van der Waals surface area contributed by atoms with E-state index in [-0.39, 0.29) is 5.82 Å². The molecule has 0 N–H and O–H groups in total. The molecule has 10 aromatic carbocycles. The second-order valence-corrected chi connectivity index (χ2v) is 19.6. The van der Waals surface area contributed by atoms with Crippen LogP contribution in [0.5, 0.6) is 0 Å². The summed E-state index contributed by atoms with van der Waals surface area (Å²) in [6, 6.07) is 91.7. The van der Waals surface area contributed by atoms with E-state index >= 15 is 4.39 Å². The third-order valence-corrected chi connectivity index (χ3v) is 17.2. The van der Waals surface area contributed by atoms with Crippen molar-refractivity contribution in [1.29, 1.82) is 0 Å². The lowest BCUT2D eigenvalue weighted by molar-refractivity contribution is 0.631. The number of rotatable bonds is 8. The second-order valence-electron chi connectivity index (χ2n) is 16.5. The number of fused-ring (bicyclic) bond motifs is 6. The maximum absolute atomic E-state index is 15.2. The highest BCUT2D eigenvalue weighted by Crippen LogP contribution is 2.73. The fourth-order valence-electron chi connectivity index (χ4n) is 10.6. The Hall–Kier alpha value is -7.72. The lowest BCUT2D eigenvalue weighted by Gasteiger charge is -2.42. The van der Waals surface area contributed by atoms with E-state index in [1.807, 2.05) is 18.2 Å². The van der Waals surface area contributed by atoms with E-state index in [4.69, 9.17) is 0 Å². The Morgan fingerprint density at radius 3 is 1.34 bits per heavy atom. The van der Waals surface area contributed by atoms with Gasteiger partial charge < -0.3 is 4.57 Å². The first-order chi connectivity index (χ1) is 31.7. The van der Waals surface area contributed by atoms with Crippen LogP contribution in [0.2, 0.25) is 0 Å². The van der Waals surface area contributed by atoms with Gasteiger partial charge >= 0.3 is 0 Å². The van der Waals surface area contributed by atoms with Crippen molar-refractivity contribution in [2.45, 2.75) is 25.0 Å². The zero-order valence-corrected chi connectivity index (χ0v) is 35.8. The Morgan fingerprint density at radius 1 is 0.344 bits per heavy atom. The van der Waals surface area contributed by atoms with Crippen molar-refractivity contribution in [3.05, 3.63) is 283 Å². The van der Waals surface area contributed by atoms with Crippen LogP contribution in [0.3, 0.4) is 0 Å². The minimum Gasteiger partial charge on any atom is -0.309 e. The summed E-state index contributed by atoms with van der Waals surface area (Å²) in [5.41, 5.74) is 11.5. The van der Waals surface area contributed by atoms with Gasteiger partial charge in [-0.2, -0.15) is 0 Å². The Labute approximate surface area is 374 Å². The number of aromatic nitrogens is 1. The molecule has 12 rings (SSSR count). The zero-order valence-electron chi connectivity index (χ0n) is 35.0. The van der Waals surface area contributed by atoms with E-state index in [1.165, 1.54) is 59.0 Å². The first-order valence-corrected chi connectivity index (χ1v) is 23.5. The highest BCUT2D eigenvalue weighted by molar-refractivity contribution is 8.34. The predicted molar refractivity (Wildman–Crippen MR) is 263 cm³/mol. The molecule has 1 nitrogen and oxygen atoms in total. The summed E-state index contributed by atoms with van der Waals surface area (Å²) in [5.74, 6) is -0.225. The van der Waals surface area contributed by atoms with Crippen LogP contribution in [-0.2, 0) is 5.41 Å². The predicted octanol–water partition coefficient (Wildman–Crippen LogP) is 16.3. The quantitative estimate of drug-likeness (QED) is 0.144. The molecule has 0 spiro atoms. The molecular formula is C61H42FNS. The van der Waals surface area contributed by atoms with Gasteiger partial charge in [-0.15, -0.1) is 10.0 Å². The van der Waals surface area contributed by atoms with E-state index in [0.29, 0.717) is 5.56 Å². The summed E-state index contributed by atoms with van der Waals surface area (Å²) in [7, 11) is -1.87. The van der Waals surface area contributed by atoms with Crippen LogP contribution >= 0.6 is 10.0 Å². The molecule has 0 saturated heterocycles. The minimum atomic E-state index is -1.87. The molecular weight excluding hydrogens is 798 g/mol. The van der Waals surface area contributed by atoms with Gasteiger partial charge in [0, 0.05) is 41.6 Å². The smallest absolute Gasteiger partial charge is 0.131 e. The summed E-state index contributed by atoms with van der Waals surface area (Å²) in [4.78, 5) is 5.18. The summed E-state index contributed by atoms with van der Waals surface area (Å²) in [5, 5.41) is 2.30. The molecule has 3 heteroatoms. The monoisotopic (exact) mass is 839 g/mol. The zero-order chi connectivity index (χ0) is 42.7. The number of hydrogen-bond acceptors (Lipinski definition) is 0. The molecule has 0 saturated carbocycles. The van der Waals surface area contributed by atoms with Crippen LogP contribution in [0, 0.1) is 5.82 Å². The van der Waals surface area contributed by atoms with Gasteiger partial charge in [0.05, 0.1) is 16.4 Å². The molecule has 0 radical (unpaired) electrons. The maximum Gasteiger partial charge on any atom is 0.131 e. The molecule has 1 aliphatic rings. The van der Waals surface area contributed by atoms with Crippen LogP contribution in [0.4, 0.5) is 4.39 Å². The molecule has 0 aliphatic heterocycles. The molecule has 1 heterocycles. The van der Waals surface area contributed by atoms with Crippen LogP contribution in [0.15, 0.2) is 274 Å². The number of benzene rings is 10. The van der Waals surface area contributed by atoms with Crippen LogP contribution in [0.25, 0.3) is 49.7 Å². The molecule has 0 unspecified atom stereocenters. The largest absolute Gasteiger partial charge is 0.309 e. The van der Waals surface area contributed by atoms with E-state index < -0.39 is 15.4 Å². The minimum absolute atomic E-state index is 0.225. The fraction of sp³-hybridized carbons (Fsp3) is 0.0164. The van der Waals surface area contributed by atoms with Gasteiger partial charge in [-0.25, -0.2) is 4.39 Å². The van der Waals surface area contributed by atoms with Crippen molar-refractivity contribution in [3.63, 3.8) is 0 Å². The van der Waals surface area contributed by atoms with Crippen LogP contribution < -0.4 is 0 Å². The van der Waals surface area contributed by atoms with Gasteiger partial charge in [-0.3, -0.25) is 0 Å². The average Bonchev–Trinajstić information content (AvgIpc) is 3.86. The number of nitrogens with zero attached hydrogens (tertiary/aromatic N) is 1. The highest BCUT2D eigenvalue weighted by atomic mass is 32.3. The molecule has 0 bridgehead atoms. The van der Waals surface area contributed by atoms with Crippen molar-refractivity contribution in [2.24, 2.45) is 0 Å². The van der Waals surface area contributed by atoms with Crippen molar-refractivity contribution in [3.8, 4) is 27.9 Å². The molecule has 304 valence electrons. The van der Waals surface area contributed by atoms with E-state index in [9.17, 15) is 0 Å². The second kappa shape index (κ2) is 15.3. The van der Waals surface area contributed by atoms with Gasteiger partial charge in [-0.05, 0) is 118 Å². The summed E-state index contributed by atoms with van der Waals surface area (Å²) >= 11 is 0. The first kappa shape index (κ1) is 38.0. The maximum atomic E-state index is 15.2. The normalized spacial score (nSPS) is 13.1. The molecule has 0 fully saturated rings. The summed E-state index contributed by atoms with van der Waals surface area (Å²) < 4.78 is 17.5. The summed E-state index contributed by atoms with van der Waals surface area (Å²) in [6.07, 6.45) is 0. The number of hydrogen-bond donors (Lipinski definition) is 0. The van der Waals surface area contributed by atoms with E-state index in [1.54, 1.807) is 6.07 Å². The van der Waals surface area contributed by atoms with Gasteiger partial charge in [0.1, 0.15) is 5.82 Å². The summed E-state index contributed by atoms with van der Waals surface area (Å²) in [6.45, 7) is 0. The third-order valence-electron chi connectivity index (χ3n) is 13.3. The SMILES string of the molecule is Fc1ccccc1-c1ccc2c3ccccc3n(-c3ccc(C4(c5ccc(S(c6ccccc6)(c6ccccc6)c6ccccc6)cc5)c5ccccc5-c5ccccc54)cc3)c2c1. The Morgan fingerprint density at radius 2 is 0.781 bits per heavy atom. The molecule has 1 aromatic heterocycles. The number of halogens is 1. The standard InChI is InChI=1S/C61H42FNS/c62-58-30-16-12-24-51(58)43-32-41-55-54-27-13-17-31-59(54)63(60(55)42-43)46-37-33-44(34-38-46)61(56-28-14-10-25-52(56)53-26-11-15-29-57(53)61)45-35-39-50(40-36-45)64(47-18-4-1-5-19-47,48-20-6-2-7-21-48)49-22-8-3-9-23-49/h1-42H. The molecule has 11 aromatic rings. The van der Waals surface area contributed by atoms with Gasteiger partial charge in [-0.1, -0.05) is 176 Å². The van der Waals surface area contributed by atoms with Crippen LogP contribution in [0.1, 0.15) is 22.3 Å². The molecule has 1 aliphatic carbocycles. The lowest BCUT2D eigenvalue weighted by Crippen LogP contribution is -2.28. The third kappa shape index (κ3) is 5.64. The fourth-order valence-corrected chi connectivity index (χ4v) is 14.5. The van der Waals surface area contributed by atoms with Crippen molar-refractivity contribution in [2.75, 3.05) is 0 Å². The van der Waals surface area contributed by atoms with Gasteiger partial charge in [0.2, 0.25) is 0 Å². The first-order valence-electron chi connectivity index (χ1n) is 21.8. The van der Waals surface area contributed by atoms with Crippen molar-refractivity contribution < 1.29 is 4.39 Å². The molecule has 0 atom stereocenters. The lowest BCUT2D eigenvalue weighted by atomic mass is 9.68. The Bertz CT molecular complexity index is 3340. The van der Waals surface area contributed by atoms with E-state index in [0.717, 1.165) is 33.1 Å². The van der Waals surface area contributed by atoms with Crippen molar-refractivity contribution >= 4 is 31.8 Å².